The number of halogens is 1. The Morgan fingerprint density at radius 2 is 2.13 bits per heavy atom. The molecule has 0 aliphatic carbocycles. The standard InChI is InChI=1S/C21H25ClN2O6S/c1-12-9-23-18(31-12)15-7-13(8-16(17(15)22)19(25)26)29-11-14-10-24(5-6-28-14)20(27)30-21(2,3)4/h7-9,14H,5-6,10-11H2,1-4H3,(H,25,26)/t14-/m1/s1. The Morgan fingerprint density at radius 1 is 1.39 bits per heavy atom. The molecule has 1 saturated heterocycles. The monoisotopic (exact) mass is 468 g/mol. The number of aromatic carboxylic acids is 1. The number of aryl methyl sites for hydroxylation is 1. The predicted molar refractivity (Wildman–Crippen MR) is 117 cm³/mol. The first-order chi connectivity index (χ1) is 14.5. The smallest absolute Gasteiger partial charge is 0.410 e. The minimum atomic E-state index is -1.16. The van der Waals surface area contributed by atoms with E-state index < -0.39 is 17.7 Å². The quantitative estimate of drug-likeness (QED) is 0.690. The number of hydrogen-bond acceptors (Lipinski definition) is 7. The maximum atomic E-state index is 12.3. The summed E-state index contributed by atoms with van der Waals surface area (Å²) in [4.78, 5) is 30.8. The Hall–Kier alpha value is -2.36. The van der Waals surface area contributed by atoms with Crippen molar-refractivity contribution in [1.82, 2.24) is 9.88 Å². The van der Waals surface area contributed by atoms with Gasteiger partial charge in [-0.05, 0) is 39.8 Å². The Labute approximate surface area is 189 Å². The Morgan fingerprint density at radius 3 is 2.74 bits per heavy atom. The van der Waals surface area contributed by atoms with Gasteiger partial charge in [-0.15, -0.1) is 11.3 Å². The molecule has 0 radical (unpaired) electrons. The van der Waals surface area contributed by atoms with E-state index in [2.05, 4.69) is 4.98 Å². The number of carbonyl (C=O) groups is 2. The first-order valence-electron chi connectivity index (χ1n) is 9.75. The minimum absolute atomic E-state index is 0.0676. The Bertz CT molecular complexity index is 971. The molecule has 0 saturated carbocycles. The van der Waals surface area contributed by atoms with E-state index in [0.717, 1.165) is 4.88 Å². The lowest BCUT2D eigenvalue weighted by Crippen LogP contribution is -2.49. The molecule has 1 amide bonds. The van der Waals surface area contributed by atoms with Gasteiger partial charge in [-0.1, -0.05) is 11.6 Å². The van der Waals surface area contributed by atoms with Gasteiger partial charge in [0.25, 0.3) is 0 Å². The van der Waals surface area contributed by atoms with Crippen LogP contribution >= 0.6 is 22.9 Å². The average Bonchev–Trinajstić information content (AvgIpc) is 3.12. The summed E-state index contributed by atoms with van der Waals surface area (Å²) in [5.41, 5.74) is -0.153. The van der Waals surface area contributed by atoms with Gasteiger partial charge >= 0.3 is 12.1 Å². The molecule has 1 aromatic carbocycles. The van der Waals surface area contributed by atoms with Crippen molar-refractivity contribution in [1.29, 1.82) is 0 Å². The van der Waals surface area contributed by atoms with Crippen LogP contribution in [0.25, 0.3) is 10.6 Å². The molecule has 0 unspecified atom stereocenters. The Balaban J connectivity index is 1.73. The van der Waals surface area contributed by atoms with Crippen LogP contribution in [0.5, 0.6) is 5.75 Å². The fourth-order valence-corrected chi connectivity index (χ4v) is 4.10. The van der Waals surface area contributed by atoms with E-state index in [4.69, 9.17) is 25.8 Å². The van der Waals surface area contributed by atoms with E-state index in [1.165, 1.54) is 17.4 Å². The van der Waals surface area contributed by atoms with Gasteiger partial charge in [0.2, 0.25) is 0 Å². The summed E-state index contributed by atoms with van der Waals surface area (Å²) in [7, 11) is 0. The van der Waals surface area contributed by atoms with E-state index in [1.54, 1.807) is 17.2 Å². The predicted octanol–water partition coefficient (Wildman–Crippen LogP) is 4.48. The van der Waals surface area contributed by atoms with Crippen molar-refractivity contribution in [3.05, 3.63) is 33.8 Å². The van der Waals surface area contributed by atoms with Crippen molar-refractivity contribution in [2.45, 2.75) is 39.4 Å². The van der Waals surface area contributed by atoms with E-state index in [-0.39, 0.29) is 23.3 Å². The highest BCUT2D eigenvalue weighted by Gasteiger charge is 2.29. The molecule has 2 heterocycles. The molecule has 0 bridgehead atoms. The molecular formula is C21H25ClN2O6S. The van der Waals surface area contributed by atoms with Crippen LogP contribution < -0.4 is 4.74 Å². The highest BCUT2D eigenvalue weighted by atomic mass is 35.5. The maximum absolute atomic E-state index is 12.3. The zero-order valence-electron chi connectivity index (χ0n) is 17.8. The number of morpholine rings is 1. The minimum Gasteiger partial charge on any atom is -0.491 e. The first-order valence-corrected chi connectivity index (χ1v) is 10.9. The molecule has 1 N–H and O–H groups in total. The number of rotatable bonds is 5. The third-order valence-electron chi connectivity index (χ3n) is 4.35. The lowest BCUT2D eigenvalue weighted by molar-refractivity contribution is -0.0557. The van der Waals surface area contributed by atoms with Crippen LogP contribution in [0.3, 0.4) is 0 Å². The third-order valence-corrected chi connectivity index (χ3v) is 5.71. The van der Waals surface area contributed by atoms with Gasteiger partial charge in [0, 0.05) is 23.2 Å². The lowest BCUT2D eigenvalue weighted by atomic mass is 10.1. The average molecular weight is 469 g/mol. The third kappa shape index (κ3) is 6.09. The van der Waals surface area contributed by atoms with Gasteiger partial charge in [-0.3, -0.25) is 0 Å². The van der Waals surface area contributed by atoms with Gasteiger partial charge in [-0.2, -0.15) is 0 Å². The van der Waals surface area contributed by atoms with Crippen molar-refractivity contribution in [2.75, 3.05) is 26.3 Å². The van der Waals surface area contributed by atoms with Gasteiger partial charge in [0.15, 0.2) is 0 Å². The van der Waals surface area contributed by atoms with E-state index >= 15 is 0 Å². The van der Waals surface area contributed by atoms with Crippen LogP contribution in [0.1, 0.15) is 36.0 Å². The van der Waals surface area contributed by atoms with Crippen LogP contribution in [-0.4, -0.2) is 65.1 Å². The topological polar surface area (TPSA) is 98.2 Å². The number of hydrogen-bond donors (Lipinski definition) is 1. The van der Waals surface area contributed by atoms with Crippen LogP contribution in [0.2, 0.25) is 5.02 Å². The molecule has 168 valence electrons. The number of nitrogens with zero attached hydrogens (tertiary/aromatic N) is 2. The number of thiazole rings is 1. The second-order valence-electron chi connectivity index (χ2n) is 8.14. The maximum Gasteiger partial charge on any atom is 0.410 e. The van der Waals surface area contributed by atoms with Crippen LogP contribution in [0.15, 0.2) is 18.3 Å². The summed E-state index contributed by atoms with van der Waals surface area (Å²) in [5, 5.41) is 10.3. The number of amides is 1. The molecule has 0 spiro atoms. The summed E-state index contributed by atoms with van der Waals surface area (Å²) < 4.78 is 17.0. The van der Waals surface area contributed by atoms with Crippen LogP contribution in [0, 0.1) is 6.92 Å². The van der Waals surface area contributed by atoms with Gasteiger partial charge in [-0.25, -0.2) is 14.6 Å². The van der Waals surface area contributed by atoms with E-state index in [1.807, 2.05) is 27.7 Å². The number of carboxylic acid groups (broad SMARTS) is 1. The molecule has 1 atom stereocenters. The second-order valence-corrected chi connectivity index (χ2v) is 9.76. The first kappa shape index (κ1) is 23.3. The molecule has 8 nitrogen and oxygen atoms in total. The summed E-state index contributed by atoms with van der Waals surface area (Å²) in [5.74, 6) is -0.822. The zero-order chi connectivity index (χ0) is 22.8. The largest absolute Gasteiger partial charge is 0.491 e. The zero-order valence-corrected chi connectivity index (χ0v) is 19.4. The van der Waals surface area contributed by atoms with Crippen molar-refractivity contribution in [3.8, 4) is 16.3 Å². The number of ether oxygens (including phenoxy) is 3. The molecule has 1 fully saturated rings. The summed E-state index contributed by atoms with van der Waals surface area (Å²) in [6, 6.07) is 3.05. The molecular weight excluding hydrogens is 444 g/mol. The Kier molecular flexibility index (Phi) is 7.08. The van der Waals surface area contributed by atoms with Crippen molar-refractivity contribution in [2.24, 2.45) is 0 Å². The van der Waals surface area contributed by atoms with Gasteiger partial charge < -0.3 is 24.2 Å². The van der Waals surface area contributed by atoms with Gasteiger partial charge in [0.1, 0.15) is 29.1 Å². The van der Waals surface area contributed by atoms with Crippen LogP contribution in [0.4, 0.5) is 4.79 Å². The van der Waals surface area contributed by atoms with Gasteiger partial charge in [0.05, 0.1) is 23.7 Å². The SMILES string of the molecule is Cc1cnc(-c2cc(OC[C@H]3CN(C(=O)OC(C)(C)C)CCO3)cc(C(=O)O)c2Cl)s1. The van der Waals surface area contributed by atoms with E-state index in [0.29, 0.717) is 36.0 Å². The molecule has 10 heteroatoms. The van der Waals surface area contributed by atoms with Crippen molar-refractivity contribution < 1.29 is 28.9 Å². The van der Waals surface area contributed by atoms with Crippen LogP contribution in [-0.2, 0) is 9.47 Å². The summed E-state index contributed by atoms with van der Waals surface area (Å²) >= 11 is 7.73. The highest BCUT2D eigenvalue weighted by Crippen LogP contribution is 2.37. The number of carboxylic acids is 1. The molecule has 1 aliphatic heterocycles. The van der Waals surface area contributed by atoms with E-state index in [9.17, 15) is 14.7 Å². The molecule has 1 aromatic heterocycles. The van der Waals surface area contributed by atoms with Crippen molar-refractivity contribution >= 4 is 35.0 Å². The molecule has 2 aromatic rings. The summed E-state index contributed by atoms with van der Waals surface area (Å²) in [6.45, 7) is 8.59. The number of benzene rings is 1. The second kappa shape index (κ2) is 9.42. The summed E-state index contributed by atoms with van der Waals surface area (Å²) in [6.07, 6.45) is 0.920. The molecule has 31 heavy (non-hydrogen) atoms. The fraction of sp³-hybridized carbons (Fsp3) is 0.476. The lowest BCUT2D eigenvalue weighted by Gasteiger charge is -2.34. The number of aromatic nitrogens is 1. The highest BCUT2D eigenvalue weighted by molar-refractivity contribution is 7.15. The normalized spacial score (nSPS) is 16.8. The fourth-order valence-electron chi connectivity index (χ4n) is 2.97. The molecule has 3 rings (SSSR count). The molecule has 1 aliphatic rings. The number of carbonyl (C=O) groups excluding carboxylic acids is 1. The van der Waals surface area contributed by atoms with Crippen molar-refractivity contribution in [3.63, 3.8) is 0 Å².